The van der Waals surface area contributed by atoms with Crippen LogP contribution in [0.2, 0.25) is 5.02 Å². The minimum atomic E-state index is -4.20. The number of carbonyl (C=O) groups is 1. The van der Waals surface area contributed by atoms with Gasteiger partial charge in [0.2, 0.25) is 6.79 Å². The van der Waals surface area contributed by atoms with Crippen LogP contribution in [0.25, 0.3) is 0 Å². The van der Waals surface area contributed by atoms with E-state index in [4.69, 9.17) is 25.6 Å². The number of aryl methyl sites for hydroxylation is 2. The molecule has 0 bridgehead atoms. The second kappa shape index (κ2) is 7.58. The topological polar surface area (TPSA) is 128 Å². The SMILES string of the molecule is Cc1cc2c(cc1C(=O)C(O)c1sccc1S(=O)(=O)Nc1onc(C)c1Cl)OCO2. The number of halogens is 1. The van der Waals surface area contributed by atoms with Crippen molar-refractivity contribution >= 4 is 44.6 Å². The number of nitrogens with zero attached hydrogens (tertiary/aromatic N) is 1. The number of ether oxygens (including phenoxy) is 2. The number of sulfonamides is 1. The molecule has 0 amide bonds. The predicted molar refractivity (Wildman–Crippen MR) is 108 cm³/mol. The summed E-state index contributed by atoms with van der Waals surface area (Å²) >= 11 is 6.90. The summed E-state index contributed by atoms with van der Waals surface area (Å²) in [6.45, 7) is 3.27. The number of hydrogen-bond donors (Lipinski definition) is 2. The van der Waals surface area contributed by atoms with Crippen molar-refractivity contribution in [1.82, 2.24) is 5.16 Å². The normalized spacial score (nSPS) is 14.0. The van der Waals surface area contributed by atoms with Gasteiger partial charge in [0.05, 0.1) is 4.88 Å². The molecule has 158 valence electrons. The molecule has 3 aromatic rings. The molecule has 0 spiro atoms. The average molecular weight is 471 g/mol. The number of fused-ring (bicyclic) bond motifs is 1. The molecule has 0 fully saturated rings. The molecule has 1 unspecified atom stereocenters. The standard InChI is InChI=1S/C18H15ClN2O7S2/c1-8-5-11-12(27-7-26-11)6-10(8)15(22)16(23)17-13(3-4-29-17)30(24,25)21-18-14(19)9(2)20-28-18/h3-6,16,21,23H,7H2,1-2H3. The maximum atomic E-state index is 13.0. The molecule has 1 aliphatic rings. The van der Waals surface area contributed by atoms with Crippen LogP contribution in [0.5, 0.6) is 11.5 Å². The Balaban J connectivity index is 1.65. The van der Waals surface area contributed by atoms with E-state index in [-0.39, 0.29) is 33.0 Å². The fourth-order valence-electron chi connectivity index (χ4n) is 2.90. The number of hydrogen-bond acceptors (Lipinski definition) is 9. The molecular weight excluding hydrogens is 456 g/mol. The van der Waals surface area contributed by atoms with Gasteiger partial charge < -0.3 is 19.1 Å². The summed E-state index contributed by atoms with van der Waals surface area (Å²) < 4.78 is 43.3. The summed E-state index contributed by atoms with van der Waals surface area (Å²) in [6.07, 6.45) is -1.71. The predicted octanol–water partition coefficient (Wildman–Crippen LogP) is 3.45. The van der Waals surface area contributed by atoms with E-state index in [1.807, 2.05) is 0 Å². The summed E-state index contributed by atoms with van der Waals surface area (Å²) in [5.74, 6) is -0.0366. The maximum Gasteiger partial charge on any atom is 0.265 e. The average Bonchev–Trinajstić information content (AvgIpc) is 3.43. The molecule has 0 saturated carbocycles. The highest BCUT2D eigenvalue weighted by atomic mass is 35.5. The number of anilines is 1. The minimum Gasteiger partial charge on any atom is -0.454 e. The van der Waals surface area contributed by atoms with E-state index in [1.165, 1.54) is 17.5 Å². The molecule has 4 rings (SSSR count). The van der Waals surface area contributed by atoms with Gasteiger partial charge in [0, 0.05) is 5.56 Å². The van der Waals surface area contributed by atoms with Crippen LogP contribution in [0.4, 0.5) is 5.88 Å². The highest BCUT2D eigenvalue weighted by molar-refractivity contribution is 7.93. The quantitative estimate of drug-likeness (QED) is 0.524. The van der Waals surface area contributed by atoms with Crippen LogP contribution in [0.15, 0.2) is 33.0 Å². The van der Waals surface area contributed by atoms with E-state index in [0.717, 1.165) is 11.3 Å². The number of nitrogens with one attached hydrogen (secondary N) is 1. The molecule has 12 heteroatoms. The minimum absolute atomic E-state index is 0.0166. The van der Waals surface area contributed by atoms with Crippen molar-refractivity contribution in [1.29, 1.82) is 0 Å². The van der Waals surface area contributed by atoms with Crippen LogP contribution in [-0.4, -0.2) is 31.3 Å². The molecule has 9 nitrogen and oxygen atoms in total. The molecule has 0 saturated heterocycles. The van der Waals surface area contributed by atoms with Gasteiger partial charge in [-0.3, -0.25) is 4.79 Å². The van der Waals surface area contributed by atoms with Gasteiger partial charge in [0.15, 0.2) is 23.4 Å². The van der Waals surface area contributed by atoms with Gasteiger partial charge in [0.25, 0.3) is 15.9 Å². The van der Waals surface area contributed by atoms with Crippen LogP contribution in [-0.2, 0) is 10.0 Å². The fraction of sp³-hybridized carbons (Fsp3) is 0.222. The molecule has 1 atom stereocenters. The second-order valence-corrected chi connectivity index (χ2v) is 9.43. The van der Waals surface area contributed by atoms with E-state index in [2.05, 4.69) is 9.88 Å². The summed E-state index contributed by atoms with van der Waals surface area (Å²) in [7, 11) is -4.20. The Kier molecular flexibility index (Phi) is 5.22. The van der Waals surface area contributed by atoms with Gasteiger partial charge in [-0.05, 0) is 43.0 Å². The summed E-state index contributed by atoms with van der Waals surface area (Å²) in [5, 5.41) is 15.8. The lowest BCUT2D eigenvalue weighted by molar-refractivity contribution is 0.0748. The zero-order valence-corrected chi connectivity index (χ0v) is 18.0. The Bertz CT molecular complexity index is 1250. The smallest absolute Gasteiger partial charge is 0.265 e. The van der Waals surface area contributed by atoms with Gasteiger partial charge in [-0.1, -0.05) is 16.8 Å². The number of aliphatic hydroxyl groups is 1. The lowest BCUT2D eigenvalue weighted by atomic mass is 9.99. The van der Waals surface area contributed by atoms with Crippen LogP contribution in [0.1, 0.15) is 32.6 Å². The lowest BCUT2D eigenvalue weighted by Crippen LogP contribution is -2.18. The first-order valence-electron chi connectivity index (χ1n) is 8.53. The van der Waals surface area contributed by atoms with Gasteiger partial charge in [0.1, 0.15) is 15.6 Å². The summed E-state index contributed by atoms with van der Waals surface area (Å²) in [4.78, 5) is 12.6. The lowest BCUT2D eigenvalue weighted by Gasteiger charge is -2.13. The van der Waals surface area contributed by atoms with Crippen molar-refractivity contribution in [2.45, 2.75) is 24.8 Å². The van der Waals surface area contributed by atoms with Crippen LogP contribution < -0.4 is 14.2 Å². The van der Waals surface area contributed by atoms with E-state index in [9.17, 15) is 18.3 Å². The first-order chi connectivity index (χ1) is 14.2. The largest absolute Gasteiger partial charge is 0.454 e. The van der Waals surface area contributed by atoms with Crippen LogP contribution >= 0.6 is 22.9 Å². The molecule has 0 radical (unpaired) electrons. The maximum absolute atomic E-state index is 13.0. The van der Waals surface area contributed by atoms with E-state index < -0.39 is 21.9 Å². The Labute approximate surface area is 180 Å². The Hall–Kier alpha value is -2.60. The summed E-state index contributed by atoms with van der Waals surface area (Å²) in [6, 6.07) is 4.38. The molecule has 30 heavy (non-hydrogen) atoms. The Morgan fingerprint density at radius 3 is 2.67 bits per heavy atom. The van der Waals surface area contributed by atoms with Gasteiger partial charge in [-0.25, -0.2) is 13.1 Å². The van der Waals surface area contributed by atoms with E-state index in [0.29, 0.717) is 22.8 Å². The number of aromatic nitrogens is 1. The molecule has 0 aliphatic carbocycles. The second-order valence-electron chi connectivity index (χ2n) is 6.45. The molecule has 2 N–H and O–H groups in total. The van der Waals surface area contributed by atoms with E-state index >= 15 is 0 Å². The van der Waals surface area contributed by atoms with Crippen molar-refractivity contribution < 1.29 is 32.3 Å². The van der Waals surface area contributed by atoms with Gasteiger partial charge >= 0.3 is 0 Å². The molecule has 1 aliphatic heterocycles. The molecule has 3 heterocycles. The highest BCUT2D eigenvalue weighted by Crippen LogP contribution is 2.38. The first kappa shape index (κ1) is 20.7. The van der Waals surface area contributed by atoms with Crippen molar-refractivity contribution in [2.75, 3.05) is 11.5 Å². The van der Waals surface area contributed by atoms with Gasteiger partial charge in [-0.15, -0.1) is 11.3 Å². The third kappa shape index (κ3) is 3.54. The number of benzene rings is 1. The van der Waals surface area contributed by atoms with Gasteiger partial charge in [-0.2, -0.15) is 0 Å². The highest BCUT2D eigenvalue weighted by Gasteiger charge is 2.32. The zero-order chi connectivity index (χ0) is 21.6. The zero-order valence-electron chi connectivity index (χ0n) is 15.6. The number of carbonyl (C=O) groups excluding carboxylic acids is 1. The Morgan fingerprint density at radius 2 is 2.00 bits per heavy atom. The Morgan fingerprint density at radius 1 is 1.30 bits per heavy atom. The fourth-order valence-corrected chi connectivity index (χ4v) is 5.52. The molecule has 1 aromatic carbocycles. The number of aliphatic hydroxyl groups excluding tert-OH is 1. The monoisotopic (exact) mass is 470 g/mol. The number of thiophene rings is 1. The molecular formula is C18H15ClN2O7S2. The molecule has 2 aromatic heterocycles. The van der Waals surface area contributed by atoms with E-state index in [1.54, 1.807) is 19.9 Å². The van der Waals surface area contributed by atoms with Crippen molar-refractivity contribution in [3.8, 4) is 11.5 Å². The van der Waals surface area contributed by atoms with Crippen LogP contribution in [0.3, 0.4) is 0 Å². The number of Topliss-reactive ketones (excluding diaryl/α,β-unsaturated/α-hetero) is 1. The third-order valence-electron chi connectivity index (χ3n) is 4.45. The van der Waals surface area contributed by atoms with Crippen LogP contribution in [0, 0.1) is 13.8 Å². The summed E-state index contributed by atoms with van der Waals surface area (Å²) in [5.41, 5.74) is 1.07. The third-order valence-corrected chi connectivity index (χ3v) is 7.38. The van der Waals surface area contributed by atoms with Crippen molar-refractivity contribution in [3.63, 3.8) is 0 Å². The van der Waals surface area contributed by atoms with Crippen molar-refractivity contribution in [3.05, 3.63) is 50.3 Å². The van der Waals surface area contributed by atoms with Crippen molar-refractivity contribution in [2.24, 2.45) is 0 Å². The first-order valence-corrected chi connectivity index (χ1v) is 11.3. The number of ketones is 1. The number of rotatable bonds is 6.